The van der Waals surface area contributed by atoms with Crippen molar-refractivity contribution < 1.29 is 28.9 Å². The third kappa shape index (κ3) is 5.27. The SMILES string of the molecule is CCCOc1cccc([C@@H]2/C(=C(\O)c3ccc4c(c3)OCCO4)C(=O)C(=O)N2CCCN(C)C)c1. The fourth-order valence-electron chi connectivity index (χ4n) is 4.35. The molecule has 0 radical (unpaired) electrons. The van der Waals surface area contributed by atoms with Crippen LogP contribution in [0.2, 0.25) is 0 Å². The van der Waals surface area contributed by atoms with Crippen LogP contribution in [-0.2, 0) is 9.59 Å². The van der Waals surface area contributed by atoms with Crippen LogP contribution in [0.3, 0.4) is 0 Å². The summed E-state index contributed by atoms with van der Waals surface area (Å²) in [6.07, 6.45) is 1.55. The van der Waals surface area contributed by atoms with Crippen LogP contribution < -0.4 is 14.2 Å². The normalized spacial score (nSPS) is 18.9. The van der Waals surface area contributed by atoms with E-state index in [-0.39, 0.29) is 11.3 Å². The van der Waals surface area contributed by atoms with Crippen LogP contribution in [0.25, 0.3) is 5.76 Å². The quantitative estimate of drug-likeness (QED) is 0.333. The molecule has 1 amide bonds. The van der Waals surface area contributed by atoms with E-state index < -0.39 is 17.7 Å². The molecule has 2 aromatic carbocycles. The van der Waals surface area contributed by atoms with Gasteiger partial charge in [0.15, 0.2) is 11.5 Å². The monoisotopic (exact) mass is 480 g/mol. The highest BCUT2D eigenvalue weighted by Crippen LogP contribution is 2.41. The second-order valence-corrected chi connectivity index (χ2v) is 8.93. The Kier molecular flexibility index (Phi) is 7.60. The van der Waals surface area contributed by atoms with Gasteiger partial charge >= 0.3 is 0 Å². The van der Waals surface area contributed by atoms with E-state index in [2.05, 4.69) is 0 Å². The first-order chi connectivity index (χ1) is 16.9. The summed E-state index contributed by atoms with van der Waals surface area (Å²) in [6, 6.07) is 11.7. The minimum absolute atomic E-state index is 0.0594. The van der Waals surface area contributed by atoms with Gasteiger partial charge in [-0.05, 0) is 69.4 Å². The Labute approximate surface area is 205 Å². The molecule has 0 saturated carbocycles. The van der Waals surface area contributed by atoms with Crippen LogP contribution in [0.5, 0.6) is 17.2 Å². The predicted octanol–water partition coefficient (Wildman–Crippen LogP) is 3.62. The molecule has 1 fully saturated rings. The number of carbonyl (C=O) groups is 2. The number of carbonyl (C=O) groups excluding carboxylic acids is 2. The summed E-state index contributed by atoms with van der Waals surface area (Å²) in [5.74, 6) is 0.170. The van der Waals surface area contributed by atoms with Crippen LogP contribution in [0.4, 0.5) is 0 Å². The maximum absolute atomic E-state index is 13.3. The van der Waals surface area contributed by atoms with Crippen molar-refractivity contribution in [1.29, 1.82) is 0 Å². The van der Waals surface area contributed by atoms with Crippen molar-refractivity contribution in [2.75, 3.05) is 47.0 Å². The molecule has 2 aliphatic heterocycles. The number of Topliss-reactive ketones (excluding diaryl/α,β-unsaturated/α-hetero) is 1. The molecular formula is C27H32N2O6. The third-order valence-electron chi connectivity index (χ3n) is 6.01. The van der Waals surface area contributed by atoms with Gasteiger partial charge in [0.1, 0.15) is 24.7 Å². The van der Waals surface area contributed by atoms with Crippen molar-refractivity contribution in [2.45, 2.75) is 25.8 Å². The van der Waals surface area contributed by atoms with E-state index in [1.807, 2.05) is 50.2 Å². The molecule has 0 spiro atoms. The maximum atomic E-state index is 13.3. The zero-order valence-corrected chi connectivity index (χ0v) is 20.5. The minimum Gasteiger partial charge on any atom is -0.507 e. The van der Waals surface area contributed by atoms with Gasteiger partial charge in [-0.25, -0.2) is 0 Å². The number of likely N-dealkylation sites (tertiary alicyclic amines) is 1. The second-order valence-electron chi connectivity index (χ2n) is 8.93. The summed E-state index contributed by atoms with van der Waals surface area (Å²) in [5, 5.41) is 11.3. The molecule has 35 heavy (non-hydrogen) atoms. The summed E-state index contributed by atoms with van der Waals surface area (Å²) in [7, 11) is 3.92. The summed E-state index contributed by atoms with van der Waals surface area (Å²) < 4.78 is 17.0. The van der Waals surface area contributed by atoms with E-state index in [4.69, 9.17) is 14.2 Å². The average molecular weight is 481 g/mol. The van der Waals surface area contributed by atoms with Crippen molar-refractivity contribution in [3.05, 3.63) is 59.2 Å². The van der Waals surface area contributed by atoms with Gasteiger partial charge in [0.25, 0.3) is 11.7 Å². The minimum atomic E-state index is -0.726. The highest BCUT2D eigenvalue weighted by Gasteiger charge is 2.46. The standard InChI is InChI=1S/C27H32N2O6/c1-4-13-33-20-8-5-7-18(16-20)24-23(26(31)27(32)29(24)12-6-11-28(2)3)25(30)19-9-10-21-22(17-19)35-15-14-34-21/h5,7-10,16-17,24,30H,4,6,11-15H2,1-3H3/b25-23+/t24-/m1/s1. The van der Waals surface area contributed by atoms with E-state index in [0.717, 1.165) is 13.0 Å². The molecule has 8 heteroatoms. The van der Waals surface area contributed by atoms with Gasteiger partial charge in [0, 0.05) is 12.1 Å². The summed E-state index contributed by atoms with van der Waals surface area (Å²) in [6.45, 7) is 4.58. The Morgan fingerprint density at radius 2 is 1.89 bits per heavy atom. The van der Waals surface area contributed by atoms with E-state index in [0.29, 0.717) is 61.2 Å². The van der Waals surface area contributed by atoms with Crippen molar-refractivity contribution >= 4 is 17.4 Å². The molecule has 186 valence electrons. The lowest BCUT2D eigenvalue weighted by atomic mass is 9.95. The van der Waals surface area contributed by atoms with Crippen LogP contribution in [0, 0.1) is 0 Å². The highest BCUT2D eigenvalue weighted by atomic mass is 16.6. The topological polar surface area (TPSA) is 88.5 Å². The zero-order chi connectivity index (χ0) is 24.9. The maximum Gasteiger partial charge on any atom is 0.295 e. The zero-order valence-electron chi connectivity index (χ0n) is 20.5. The number of hydrogen-bond acceptors (Lipinski definition) is 7. The lowest BCUT2D eigenvalue weighted by Gasteiger charge is -2.26. The molecule has 2 aliphatic rings. The molecule has 0 aromatic heterocycles. The van der Waals surface area contributed by atoms with Gasteiger partial charge in [-0.2, -0.15) is 0 Å². The van der Waals surface area contributed by atoms with Crippen molar-refractivity contribution in [1.82, 2.24) is 9.80 Å². The Hall–Kier alpha value is -3.52. The van der Waals surface area contributed by atoms with Crippen LogP contribution in [-0.4, -0.2) is 73.6 Å². The fraction of sp³-hybridized carbons (Fsp3) is 0.407. The van der Waals surface area contributed by atoms with Crippen LogP contribution >= 0.6 is 0 Å². The first-order valence-electron chi connectivity index (χ1n) is 12.0. The van der Waals surface area contributed by atoms with E-state index in [1.165, 1.54) is 0 Å². The molecule has 0 unspecified atom stereocenters. The first-order valence-corrected chi connectivity index (χ1v) is 12.0. The number of rotatable bonds is 9. The Bertz CT molecular complexity index is 1130. The molecule has 2 aromatic rings. The second kappa shape index (κ2) is 10.8. The van der Waals surface area contributed by atoms with Crippen LogP contribution in [0.15, 0.2) is 48.0 Å². The number of fused-ring (bicyclic) bond motifs is 1. The number of ketones is 1. The molecule has 0 aliphatic carbocycles. The highest BCUT2D eigenvalue weighted by molar-refractivity contribution is 6.46. The number of amides is 1. The van der Waals surface area contributed by atoms with Crippen molar-refractivity contribution in [2.24, 2.45) is 0 Å². The van der Waals surface area contributed by atoms with Gasteiger partial charge in [-0.15, -0.1) is 0 Å². The van der Waals surface area contributed by atoms with E-state index in [1.54, 1.807) is 23.1 Å². The molecular weight excluding hydrogens is 448 g/mol. The van der Waals surface area contributed by atoms with Crippen molar-refractivity contribution in [3.63, 3.8) is 0 Å². The van der Waals surface area contributed by atoms with Gasteiger partial charge in [0.05, 0.1) is 18.2 Å². The molecule has 1 saturated heterocycles. The Morgan fingerprint density at radius 1 is 1.11 bits per heavy atom. The average Bonchev–Trinajstić information content (AvgIpc) is 3.11. The molecule has 0 bridgehead atoms. The van der Waals surface area contributed by atoms with E-state index >= 15 is 0 Å². The molecule has 1 N–H and O–H groups in total. The van der Waals surface area contributed by atoms with Gasteiger partial charge in [0.2, 0.25) is 0 Å². The first kappa shape index (κ1) is 24.6. The molecule has 2 heterocycles. The Morgan fingerprint density at radius 3 is 2.63 bits per heavy atom. The molecule has 4 rings (SSSR count). The van der Waals surface area contributed by atoms with Gasteiger partial charge in [-0.3, -0.25) is 9.59 Å². The fourth-order valence-corrected chi connectivity index (χ4v) is 4.35. The van der Waals surface area contributed by atoms with Gasteiger partial charge < -0.3 is 29.1 Å². The number of benzene rings is 2. The number of aliphatic hydroxyl groups is 1. The lowest BCUT2D eigenvalue weighted by Crippen LogP contribution is -2.32. The van der Waals surface area contributed by atoms with Crippen molar-refractivity contribution in [3.8, 4) is 17.2 Å². The number of hydrogen-bond donors (Lipinski definition) is 1. The number of ether oxygens (including phenoxy) is 3. The van der Waals surface area contributed by atoms with E-state index in [9.17, 15) is 14.7 Å². The third-order valence-corrected chi connectivity index (χ3v) is 6.01. The largest absolute Gasteiger partial charge is 0.507 e. The summed E-state index contributed by atoms with van der Waals surface area (Å²) in [4.78, 5) is 30.0. The van der Waals surface area contributed by atoms with Gasteiger partial charge in [-0.1, -0.05) is 19.1 Å². The molecule has 8 nitrogen and oxygen atoms in total. The van der Waals surface area contributed by atoms with Crippen LogP contribution in [0.1, 0.15) is 36.9 Å². The number of aliphatic hydroxyl groups excluding tert-OH is 1. The smallest absolute Gasteiger partial charge is 0.295 e. The molecule has 1 atom stereocenters. The number of nitrogens with zero attached hydrogens (tertiary/aromatic N) is 2. The lowest BCUT2D eigenvalue weighted by molar-refractivity contribution is -0.139. The predicted molar refractivity (Wildman–Crippen MR) is 132 cm³/mol. The Balaban J connectivity index is 1.77. The summed E-state index contributed by atoms with van der Waals surface area (Å²) in [5.41, 5.74) is 1.16. The summed E-state index contributed by atoms with van der Waals surface area (Å²) >= 11 is 0.